The molecule has 5 heteroatoms. The fourth-order valence-electron chi connectivity index (χ4n) is 3.01. The monoisotopic (exact) mass is 371 g/mol. The van der Waals surface area contributed by atoms with Gasteiger partial charge in [-0.25, -0.2) is 0 Å². The van der Waals surface area contributed by atoms with Crippen LogP contribution in [0.3, 0.4) is 0 Å². The van der Waals surface area contributed by atoms with Crippen LogP contribution in [0.4, 0.5) is 0 Å². The number of ether oxygens (including phenoxy) is 2. The Bertz CT molecular complexity index is 726. The number of para-hydroxylation sites is 1. The molecule has 4 nitrogen and oxygen atoms in total. The third kappa shape index (κ3) is 4.80. The van der Waals surface area contributed by atoms with Crippen molar-refractivity contribution in [3.8, 4) is 5.75 Å². The minimum atomic E-state index is -0.0399. The number of rotatable bonds is 7. The van der Waals surface area contributed by atoms with Crippen LogP contribution in [0.1, 0.15) is 28.8 Å². The Hall–Kier alpha value is -1.98. The van der Waals surface area contributed by atoms with Crippen LogP contribution in [0.5, 0.6) is 5.75 Å². The number of nitrogens with zero attached hydrogens (tertiary/aromatic N) is 1. The van der Waals surface area contributed by atoms with E-state index in [1.165, 1.54) is 4.90 Å². The maximum atomic E-state index is 12.9. The molecule has 26 heavy (non-hydrogen) atoms. The number of amides is 1. The molecule has 0 aliphatic carbocycles. The SMILES string of the molecule is CSc1ccc(CN(C)C(=O)c2ccccc2OCC2CCCO2)cc1. The topological polar surface area (TPSA) is 38.8 Å². The molecule has 1 atom stereocenters. The average molecular weight is 372 g/mol. The maximum Gasteiger partial charge on any atom is 0.257 e. The number of carbonyl (C=O) groups is 1. The number of carbonyl (C=O) groups excluding carboxylic acids is 1. The summed E-state index contributed by atoms with van der Waals surface area (Å²) in [5.41, 5.74) is 1.70. The number of hydrogen-bond donors (Lipinski definition) is 0. The standard InChI is InChI=1S/C21H25NO3S/c1-22(14-16-9-11-18(26-2)12-10-16)21(23)19-7-3-4-8-20(19)25-15-17-6-5-13-24-17/h3-4,7-12,17H,5-6,13-15H2,1-2H3. The molecule has 1 saturated heterocycles. The van der Waals surface area contributed by atoms with Crippen molar-refractivity contribution >= 4 is 17.7 Å². The molecular formula is C21H25NO3S. The lowest BCUT2D eigenvalue weighted by Gasteiger charge is -2.20. The summed E-state index contributed by atoms with van der Waals surface area (Å²) < 4.78 is 11.5. The van der Waals surface area contributed by atoms with Gasteiger partial charge in [-0.1, -0.05) is 24.3 Å². The number of benzene rings is 2. The van der Waals surface area contributed by atoms with Gasteiger partial charge in [0.05, 0.1) is 11.7 Å². The first kappa shape index (κ1) is 18.8. The van der Waals surface area contributed by atoms with E-state index in [0.29, 0.717) is 24.5 Å². The number of hydrogen-bond acceptors (Lipinski definition) is 4. The fraction of sp³-hybridized carbons (Fsp3) is 0.381. The zero-order chi connectivity index (χ0) is 18.4. The smallest absolute Gasteiger partial charge is 0.257 e. The highest BCUT2D eigenvalue weighted by atomic mass is 32.2. The normalized spacial score (nSPS) is 16.5. The molecule has 1 aliphatic rings. The second kappa shape index (κ2) is 9.10. The highest BCUT2D eigenvalue weighted by Crippen LogP contribution is 2.23. The minimum Gasteiger partial charge on any atom is -0.490 e. The van der Waals surface area contributed by atoms with Crippen LogP contribution in [-0.2, 0) is 11.3 Å². The predicted octanol–water partition coefficient (Wildman–Crippen LogP) is 4.24. The van der Waals surface area contributed by atoms with Gasteiger partial charge in [-0.3, -0.25) is 4.79 Å². The van der Waals surface area contributed by atoms with Crippen LogP contribution in [-0.4, -0.2) is 43.4 Å². The molecular weight excluding hydrogens is 346 g/mol. The van der Waals surface area contributed by atoms with Gasteiger partial charge in [-0.15, -0.1) is 11.8 Å². The van der Waals surface area contributed by atoms with Crippen molar-refractivity contribution in [1.82, 2.24) is 4.90 Å². The molecule has 1 amide bonds. The van der Waals surface area contributed by atoms with Crippen molar-refractivity contribution < 1.29 is 14.3 Å². The highest BCUT2D eigenvalue weighted by molar-refractivity contribution is 7.98. The molecule has 0 N–H and O–H groups in total. The van der Waals surface area contributed by atoms with Crippen LogP contribution in [0.15, 0.2) is 53.4 Å². The molecule has 138 valence electrons. The van der Waals surface area contributed by atoms with Crippen LogP contribution in [0.25, 0.3) is 0 Å². The molecule has 1 fully saturated rings. The minimum absolute atomic E-state index is 0.0399. The molecule has 1 aliphatic heterocycles. The third-order valence-corrected chi connectivity index (χ3v) is 5.24. The molecule has 0 aromatic heterocycles. The van der Waals surface area contributed by atoms with Gasteiger partial charge in [0.2, 0.25) is 0 Å². The van der Waals surface area contributed by atoms with Crippen molar-refractivity contribution in [1.29, 1.82) is 0 Å². The van der Waals surface area contributed by atoms with Crippen molar-refractivity contribution in [2.45, 2.75) is 30.4 Å². The Kier molecular flexibility index (Phi) is 6.58. The van der Waals surface area contributed by atoms with E-state index in [1.807, 2.05) is 31.3 Å². The Morgan fingerprint density at radius 3 is 2.69 bits per heavy atom. The molecule has 2 aromatic carbocycles. The largest absolute Gasteiger partial charge is 0.490 e. The van der Waals surface area contributed by atoms with Crippen LogP contribution < -0.4 is 4.74 Å². The Morgan fingerprint density at radius 2 is 2.00 bits per heavy atom. The van der Waals surface area contributed by atoms with Gasteiger partial charge in [-0.2, -0.15) is 0 Å². The zero-order valence-electron chi connectivity index (χ0n) is 15.3. The second-order valence-corrected chi connectivity index (χ2v) is 7.33. The second-order valence-electron chi connectivity index (χ2n) is 6.45. The molecule has 0 radical (unpaired) electrons. The maximum absolute atomic E-state index is 12.9. The summed E-state index contributed by atoms with van der Waals surface area (Å²) in [6.07, 6.45) is 4.28. The Morgan fingerprint density at radius 1 is 1.23 bits per heavy atom. The van der Waals surface area contributed by atoms with E-state index in [9.17, 15) is 4.79 Å². The van der Waals surface area contributed by atoms with Gasteiger partial charge in [0.25, 0.3) is 5.91 Å². The van der Waals surface area contributed by atoms with E-state index in [1.54, 1.807) is 16.7 Å². The van der Waals surface area contributed by atoms with E-state index in [-0.39, 0.29) is 12.0 Å². The van der Waals surface area contributed by atoms with Crippen LogP contribution in [0, 0.1) is 0 Å². The average Bonchev–Trinajstić information content (AvgIpc) is 3.20. The van der Waals surface area contributed by atoms with Gasteiger partial charge < -0.3 is 14.4 Å². The number of thioether (sulfide) groups is 1. The van der Waals surface area contributed by atoms with E-state index >= 15 is 0 Å². The van der Waals surface area contributed by atoms with E-state index in [4.69, 9.17) is 9.47 Å². The van der Waals surface area contributed by atoms with Gasteiger partial charge in [-0.05, 0) is 48.9 Å². The predicted molar refractivity (Wildman–Crippen MR) is 105 cm³/mol. The molecule has 1 unspecified atom stereocenters. The lowest BCUT2D eigenvalue weighted by Crippen LogP contribution is -2.27. The van der Waals surface area contributed by atoms with Crippen molar-refractivity contribution in [2.24, 2.45) is 0 Å². The molecule has 0 spiro atoms. The van der Waals surface area contributed by atoms with Gasteiger partial charge >= 0.3 is 0 Å². The van der Waals surface area contributed by atoms with E-state index in [0.717, 1.165) is 25.0 Å². The first-order valence-electron chi connectivity index (χ1n) is 8.89. The molecule has 2 aromatic rings. The lowest BCUT2D eigenvalue weighted by atomic mass is 10.1. The molecule has 0 saturated carbocycles. The zero-order valence-corrected chi connectivity index (χ0v) is 16.1. The van der Waals surface area contributed by atoms with Crippen LogP contribution >= 0.6 is 11.8 Å². The molecule has 1 heterocycles. The van der Waals surface area contributed by atoms with Crippen molar-refractivity contribution in [3.05, 3.63) is 59.7 Å². The van der Waals surface area contributed by atoms with E-state index < -0.39 is 0 Å². The Labute approximate surface area is 159 Å². The van der Waals surface area contributed by atoms with Gasteiger partial charge in [0.1, 0.15) is 12.4 Å². The summed E-state index contributed by atoms with van der Waals surface area (Å²) in [6.45, 7) is 1.85. The first-order valence-corrected chi connectivity index (χ1v) is 10.1. The summed E-state index contributed by atoms with van der Waals surface area (Å²) in [5, 5.41) is 0. The summed E-state index contributed by atoms with van der Waals surface area (Å²) in [7, 11) is 1.82. The van der Waals surface area contributed by atoms with Gasteiger partial charge in [0.15, 0.2) is 0 Å². The molecule has 0 bridgehead atoms. The molecule has 3 rings (SSSR count). The quantitative estimate of drug-likeness (QED) is 0.683. The highest BCUT2D eigenvalue weighted by Gasteiger charge is 2.20. The van der Waals surface area contributed by atoms with Crippen molar-refractivity contribution in [2.75, 3.05) is 26.5 Å². The van der Waals surface area contributed by atoms with Crippen LogP contribution in [0.2, 0.25) is 0 Å². The lowest BCUT2D eigenvalue weighted by molar-refractivity contribution is 0.0656. The summed E-state index contributed by atoms with van der Waals surface area (Å²) >= 11 is 1.71. The van der Waals surface area contributed by atoms with Crippen molar-refractivity contribution in [3.63, 3.8) is 0 Å². The van der Waals surface area contributed by atoms with Gasteiger partial charge in [0, 0.05) is 25.1 Å². The fourth-order valence-corrected chi connectivity index (χ4v) is 3.42. The summed E-state index contributed by atoms with van der Waals surface area (Å²) in [6, 6.07) is 15.7. The third-order valence-electron chi connectivity index (χ3n) is 4.49. The summed E-state index contributed by atoms with van der Waals surface area (Å²) in [5.74, 6) is 0.583. The Balaban J connectivity index is 1.65. The first-order chi connectivity index (χ1) is 12.7. The summed E-state index contributed by atoms with van der Waals surface area (Å²) in [4.78, 5) is 15.8. The van der Waals surface area contributed by atoms with E-state index in [2.05, 4.69) is 30.5 Å².